The van der Waals surface area contributed by atoms with Crippen LogP contribution in [0, 0.1) is 6.92 Å². The van der Waals surface area contributed by atoms with Crippen LogP contribution in [0.3, 0.4) is 0 Å². The molecule has 0 unspecified atom stereocenters. The molecule has 0 saturated carbocycles. The fourth-order valence-electron chi connectivity index (χ4n) is 1.59. The molecule has 0 saturated heterocycles. The first kappa shape index (κ1) is 14.1. The van der Waals surface area contributed by atoms with Gasteiger partial charge in [0.15, 0.2) is 5.11 Å². The summed E-state index contributed by atoms with van der Waals surface area (Å²) >= 11 is 5.20. The van der Waals surface area contributed by atoms with Crippen LogP contribution in [-0.2, 0) is 0 Å². The van der Waals surface area contributed by atoms with Gasteiger partial charge in [0.1, 0.15) is 0 Å². The molecule has 2 rings (SSSR count). The van der Waals surface area contributed by atoms with E-state index in [9.17, 15) is 0 Å². The van der Waals surface area contributed by atoms with Crippen molar-refractivity contribution in [3.05, 3.63) is 59.9 Å². The summed E-state index contributed by atoms with van der Waals surface area (Å²) in [5.74, 6) is 0. The van der Waals surface area contributed by atoms with Gasteiger partial charge in [-0.3, -0.25) is 10.4 Å². The Morgan fingerprint density at radius 1 is 1.10 bits per heavy atom. The lowest BCUT2D eigenvalue weighted by Gasteiger charge is -2.08. The molecule has 0 aliphatic rings. The lowest BCUT2D eigenvalue weighted by molar-refractivity contribution is 1.04. The van der Waals surface area contributed by atoms with Crippen molar-refractivity contribution >= 4 is 28.7 Å². The van der Waals surface area contributed by atoms with E-state index in [2.05, 4.69) is 20.8 Å². The molecular formula is C15H16N4S. The number of rotatable bonds is 3. The number of nitrogens with zero attached hydrogens (tertiary/aromatic N) is 2. The van der Waals surface area contributed by atoms with Gasteiger partial charge in [0.2, 0.25) is 0 Å². The standard InChI is InChI=1S/C15H16N4S/c1-11-3-5-14(6-4-11)17-15(20)19-18-12(2)13-7-9-16-10-8-13/h3-10H,1-2H3,(H2,17,19,20)/b18-12-. The van der Waals surface area contributed by atoms with Crippen LogP contribution in [0.2, 0.25) is 0 Å². The zero-order valence-corrected chi connectivity index (χ0v) is 12.2. The van der Waals surface area contributed by atoms with Gasteiger partial charge in [-0.05, 0) is 50.3 Å². The summed E-state index contributed by atoms with van der Waals surface area (Å²) in [4.78, 5) is 3.97. The quantitative estimate of drug-likeness (QED) is 0.516. The van der Waals surface area contributed by atoms with Crippen molar-refractivity contribution in [3.63, 3.8) is 0 Å². The number of aromatic nitrogens is 1. The predicted octanol–water partition coefficient (Wildman–Crippen LogP) is 3.10. The minimum absolute atomic E-state index is 0.460. The monoisotopic (exact) mass is 284 g/mol. The summed E-state index contributed by atoms with van der Waals surface area (Å²) in [6.45, 7) is 3.96. The Bertz CT molecular complexity index is 606. The number of hydrazone groups is 1. The zero-order chi connectivity index (χ0) is 14.4. The van der Waals surface area contributed by atoms with Crippen LogP contribution in [-0.4, -0.2) is 15.8 Å². The molecule has 20 heavy (non-hydrogen) atoms. The maximum atomic E-state index is 5.20. The van der Waals surface area contributed by atoms with Gasteiger partial charge in [-0.1, -0.05) is 17.7 Å². The van der Waals surface area contributed by atoms with E-state index < -0.39 is 0 Å². The van der Waals surface area contributed by atoms with Crippen molar-refractivity contribution < 1.29 is 0 Å². The third kappa shape index (κ3) is 4.13. The largest absolute Gasteiger partial charge is 0.331 e. The maximum absolute atomic E-state index is 5.20. The van der Waals surface area contributed by atoms with E-state index >= 15 is 0 Å². The second-order valence-corrected chi connectivity index (χ2v) is 4.77. The Labute approximate surface area is 123 Å². The third-order valence-corrected chi connectivity index (χ3v) is 2.93. The molecule has 0 atom stereocenters. The van der Waals surface area contributed by atoms with Crippen molar-refractivity contribution in [1.82, 2.24) is 10.4 Å². The lowest BCUT2D eigenvalue weighted by Crippen LogP contribution is -2.24. The average molecular weight is 284 g/mol. The summed E-state index contributed by atoms with van der Waals surface area (Å²) in [6.07, 6.45) is 3.47. The minimum atomic E-state index is 0.460. The molecule has 102 valence electrons. The number of nitrogens with one attached hydrogen (secondary N) is 2. The van der Waals surface area contributed by atoms with Gasteiger partial charge in [0, 0.05) is 23.6 Å². The number of aryl methyl sites for hydroxylation is 1. The van der Waals surface area contributed by atoms with Crippen molar-refractivity contribution in [1.29, 1.82) is 0 Å². The molecule has 2 N–H and O–H groups in total. The molecular weight excluding hydrogens is 268 g/mol. The molecule has 0 aliphatic carbocycles. The first-order valence-electron chi connectivity index (χ1n) is 6.23. The Morgan fingerprint density at radius 3 is 2.40 bits per heavy atom. The third-order valence-electron chi connectivity index (χ3n) is 2.73. The van der Waals surface area contributed by atoms with Crippen LogP contribution in [0.15, 0.2) is 53.9 Å². The van der Waals surface area contributed by atoms with E-state index in [0.717, 1.165) is 17.0 Å². The van der Waals surface area contributed by atoms with Gasteiger partial charge < -0.3 is 5.32 Å². The van der Waals surface area contributed by atoms with E-state index in [0.29, 0.717) is 5.11 Å². The van der Waals surface area contributed by atoms with Gasteiger partial charge in [-0.2, -0.15) is 5.10 Å². The molecule has 4 nitrogen and oxygen atoms in total. The number of anilines is 1. The van der Waals surface area contributed by atoms with Crippen molar-refractivity contribution in [3.8, 4) is 0 Å². The highest BCUT2D eigenvalue weighted by atomic mass is 32.1. The minimum Gasteiger partial charge on any atom is -0.331 e. The number of thiocarbonyl (C=S) groups is 1. The highest BCUT2D eigenvalue weighted by Crippen LogP contribution is 2.08. The SMILES string of the molecule is C/C(=N/NC(=S)Nc1ccc(C)cc1)c1ccncc1. The van der Waals surface area contributed by atoms with Gasteiger partial charge in [0.25, 0.3) is 0 Å². The molecule has 5 heteroatoms. The van der Waals surface area contributed by atoms with Crippen LogP contribution >= 0.6 is 12.2 Å². The first-order valence-corrected chi connectivity index (χ1v) is 6.64. The highest BCUT2D eigenvalue weighted by Gasteiger charge is 1.98. The molecule has 0 aliphatic heterocycles. The predicted molar refractivity (Wildman–Crippen MR) is 87.0 cm³/mol. The topological polar surface area (TPSA) is 49.3 Å². The maximum Gasteiger partial charge on any atom is 0.191 e. The molecule has 0 bridgehead atoms. The van der Waals surface area contributed by atoms with E-state index in [-0.39, 0.29) is 0 Å². The van der Waals surface area contributed by atoms with Gasteiger partial charge in [0.05, 0.1) is 5.71 Å². The summed E-state index contributed by atoms with van der Waals surface area (Å²) in [5.41, 5.74) is 6.83. The summed E-state index contributed by atoms with van der Waals surface area (Å²) in [5, 5.41) is 7.78. The second-order valence-electron chi connectivity index (χ2n) is 4.37. The normalized spacial score (nSPS) is 11.0. The van der Waals surface area contributed by atoms with Gasteiger partial charge >= 0.3 is 0 Å². The van der Waals surface area contributed by atoms with Crippen molar-refractivity contribution in [2.24, 2.45) is 5.10 Å². The van der Waals surface area contributed by atoms with Crippen LogP contribution in [0.25, 0.3) is 0 Å². The molecule has 1 aromatic heterocycles. The molecule has 0 spiro atoms. The second kappa shape index (κ2) is 6.77. The number of benzene rings is 1. The summed E-state index contributed by atoms with van der Waals surface area (Å²) in [6, 6.07) is 11.8. The van der Waals surface area contributed by atoms with Crippen LogP contribution < -0.4 is 10.7 Å². The Kier molecular flexibility index (Phi) is 4.79. The smallest absolute Gasteiger partial charge is 0.191 e. The van der Waals surface area contributed by atoms with E-state index in [1.165, 1.54) is 5.56 Å². The zero-order valence-electron chi connectivity index (χ0n) is 11.4. The van der Waals surface area contributed by atoms with Crippen LogP contribution in [0.5, 0.6) is 0 Å². The molecule has 1 heterocycles. The van der Waals surface area contributed by atoms with E-state index in [1.54, 1.807) is 12.4 Å². The Morgan fingerprint density at radius 2 is 1.75 bits per heavy atom. The first-order chi connectivity index (χ1) is 9.65. The van der Waals surface area contributed by atoms with E-state index in [1.807, 2.05) is 50.2 Å². The van der Waals surface area contributed by atoms with Gasteiger partial charge in [-0.25, -0.2) is 0 Å². The highest BCUT2D eigenvalue weighted by molar-refractivity contribution is 7.80. The molecule has 2 aromatic rings. The average Bonchev–Trinajstić information content (AvgIpc) is 2.48. The number of pyridine rings is 1. The fraction of sp³-hybridized carbons (Fsp3) is 0.133. The summed E-state index contributed by atoms with van der Waals surface area (Å²) in [7, 11) is 0. The molecule has 1 aromatic carbocycles. The Balaban J connectivity index is 1.93. The lowest BCUT2D eigenvalue weighted by atomic mass is 10.2. The van der Waals surface area contributed by atoms with Crippen molar-refractivity contribution in [2.45, 2.75) is 13.8 Å². The van der Waals surface area contributed by atoms with E-state index in [4.69, 9.17) is 12.2 Å². The summed E-state index contributed by atoms with van der Waals surface area (Å²) < 4.78 is 0. The van der Waals surface area contributed by atoms with Crippen LogP contribution in [0.1, 0.15) is 18.1 Å². The van der Waals surface area contributed by atoms with Crippen molar-refractivity contribution in [2.75, 3.05) is 5.32 Å². The molecule has 0 amide bonds. The molecule has 0 radical (unpaired) electrons. The van der Waals surface area contributed by atoms with Gasteiger partial charge in [-0.15, -0.1) is 0 Å². The number of hydrogen-bond donors (Lipinski definition) is 2. The fourth-order valence-corrected chi connectivity index (χ4v) is 1.75. The Hall–Kier alpha value is -2.27. The van der Waals surface area contributed by atoms with Crippen LogP contribution in [0.4, 0.5) is 5.69 Å². The molecule has 0 fully saturated rings. The number of hydrogen-bond acceptors (Lipinski definition) is 3.